The summed E-state index contributed by atoms with van der Waals surface area (Å²) in [5.41, 5.74) is 2.92. The summed E-state index contributed by atoms with van der Waals surface area (Å²) in [6.07, 6.45) is 3.15. The van der Waals surface area contributed by atoms with Crippen molar-refractivity contribution in [3.05, 3.63) is 58.2 Å². The molecule has 2 heterocycles. The Morgan fingerprint density at radius 3 is 2.64 bits per heavy atom. The molecule has 128 valence electrons. The Hall–Kier alpha value is -2.80. The maximum atomic E-state index is 11.7. The summed E-state index contributed by atoms with van der Waals surface area (Å²) in [4.78, 5) is 27.6. The molecule has 0 fully saturated rings. The van der Waals surface area contributed by atoms with Crippen LogP contribution in [-0.4, -0.2) is 33.1 Å². The van der Waals surface area contributed by atoms with Crippen LogP contribution in [0.1, 0.15) is 39.6 Å². The van der Waals surface area contributed by atoms with Gasteiger partial charge in [0.15, 0.2) is 5.78 Å². The number of esters is 1. The van der Waals surface area contributed by atoms with E-state index in [4.69, 9.17) is 4.74 Å². The molecule has 0 spiro atoms. The minimum atomic E-state index is -0.376. The fourth-order valence-electron chi connectivity index (χ4n) is 2.30. The zero-order chi connectivity index (χ0) is 17.8. The Morgan fingerprint density at radius 1 is 1.20 bits per heavy atom. The van der Waals surface area contributed by atoms with Gasteiger partial charge in [-0.05, 0) is 13.8 Å². The number of nitrogens with zero attached hydrogens (tertiary/aromatic N) is 3. The SMILES string of the molecule is CCOC(=O)c1cnn(Cc2nc(-c3ccc(C(C)=O)cc3)cs2)c1. The number of ether oxygens (including phenoxy) is 1. The highest BCUT2D eigenvalue weighted by Gasteiger charge is 2.11. The highest BCUT2D eigenvalue weighted by Crippen LogP contribution is 2.23. The number of carbonyl (C=O) groups excluding carboxylic acids is 2. The first-order chi connectivity index (χ1) is 12.1. The number of carbonyl (C=O) groups is 2. The van der Waals surface area contributed by atoms with Gasteiger partial charge < -0.3 is 4.74 Å². The molecule has 7 heteroatoms. The molecule has 0 amide bonds. The molecular formula is C18H17N3O3S. The van der Waals surface area contributed by atoms with Crippen molar-refractivity contribution in [3.8, 4) is 11.3 Å². The maximum Gasteiger partial charge on any atom is 0.341 e. The van der Waals surface area contributed by atoms with Gasteiger partial charge in [-0.25, -0.2) is 9.78 Å². The fourth-order valence-corrected chi connectivity index (χ4v) is 3.09. The average molecular weight is 355 g/mol. The molecule has 3 rings (SSSR count). The molecule has 6 nitrogen and oxygen atoms in total. The van der Waals surface area contributed by atoms with Gasteiger partial charge in [0.25, 0.3) is 0 Å². The minimum Gasteiger partial charge on any atom is -0.462 e. The number of rotatable bonds is 6. The van der Waals surface area contributed by atoms with Crippen LogP contribution in [0.3, 0.4) is 0 Å². The van der Waals surface area contributed by atoms with E-state index < -0.39 is 0 Å². The lowest BCUT2D eigenvalue weighted by molar-refractivity contribution is 0.0526. The summed E-state index contributed by atoms with van der Waals surface area (Å²) < 4.78 is 6.61. The fraction of sp³-hybridized carbons (Fsp3) is 0.222. The van der Waals surface area contributed by atoms with Crippen molar-refractivity contribution in [2.24, 2.45) is 0 Å². The van der Waals surface area contributed by atoms with Crippen molar-refractivity contribution in [1.29, 1.82) is 0 Å². The molecular weight excluding hydrogens is 338 g/mol. The third-order valence-corrected chi connectivity index (χ3v) is 4.41. The maximum absolute atomic E-state index is 11.7. The number of ketones is 1. The van der Waals surface area contributed by atoms with E-state index in [0.717, 1.165) is 16.3 Å². The number of hydrogen-bond donors (Lipinski definition) is 0. The summed E-state index contributed by atoms with van der Waals surface area (Å²) in [5.74, 6) is -0.333. The summed E-state index contributed by atoms with van der Waals surface area (Å²) in [6.45, 7) is 4.13. The number of benzene rings is 1. The van der Waals surface area contributed by atoms with Crippen molar-refractivity contribution in [2.45, 2.75) is 20.4 Å². The van der Waals surface area contributed by atoms with Crippen molar-refractivity contribution in [2.75, 3.05) is 6.61 Å². The molecule has 0 radical (unpaired) electrons. The van der Waals surface area contributed by atoms with Crippen LogP contribution in [0.4, 0.5) is 0 Å². The van der Waals surface area contributed by atoms with Gasteiger partial charge in [0.05, 0.1) is 30.6 Å². The Balaban J connectivity index is 1.71. The van der Waals surface area contributed by atoms with E-state index >= 15 is 0 Å². The lowest BCUT2D eigenvalue weighted by atomic mass is 10.1. The second-order valence-corrected chi connectivity index (χ2v) is 6.35. The van der Waals surface area contributed by atoms with Crippen LogP contribution >= 0.6 is 11.3 Å². The predicted molar refractivity (Wildman–Crippen MR) is 94.8 cm³/mol. The van der Waals surface area contributed by atoms with Gasteiger partial charge in [-0.3, -0.25) is 9.48 Å². The van der Waals surface area contributed by atoms with Crippen LogP contribution in [-0.2, 0) is 11.3 Å². The molecule has 0 atom stereocenters. The van der Waals surface area contributed by atoms with Crippen LogP contribution in [0.25, 0.3) is 11.3 Å². The molecule has 3 aromatic rings. The standard InChI is InChI=1S/C18H17N3O3S/c1-3-24-18(23)15-8-19-21(9-15)10-17-20-16(11-25-17)14-6-4-13(5-7-14)12(2)22/h4-9,11H,3,10H2,1-2H3. The van der Waals surface area contributed by atoms with E-state index in [9.17, 15) is 9.59 Å². The van der Waals surface area contributed by atoms with Crippen molar-refractivity contribution in [3.63, 3.8) is 0 Å². The van der Waals surface area contributed by atoms with E-state index in [1.54, 1.807) is 36.9 Å². The monoisotopic (exact) mass is 355 g/mol. The molecule has 0 unspecified atom stereocenters. The number of aromatic nitrogens is 3. The molecule has 0 aliphatic heterocycles. The van der Waals surface area contributed by atoms with Crippen LogP contribution in [0.15, 0.2) is 42.0 Å². The van der Waals surface area contributed by atoms with Crippen LogP contribution < -0.4 is 0 Å². The third kappa shape index (κ3) is 4.00. The van der Waals surface area contributed by atoms with Crippen molar-refractivity contribution >= 4 is 23.1 Å². The van der Waals surface area contributed by atoms with Crippen molar-refractivity contribution in [1.82, 2.24) is 14.8 Å². The van der Waals surface area contributed by atoms with Gasteiger partial charge in [0.1, 0.15) is 5.01 Å². The Bertz CT molecular complexity index is 896. The summed E-state index contributed by atoms with van der Waals surface area (Å²) in [5, 5.41) is 7.02. The second kappa shape index (κ2) is 7.40. The number of hydrogen-bond acceptors (Lipinski definition) is 6. The number of thiazole rings is 1. The second-order valence-electron chi connectivity index (χ2n) is 5.41. The normalized spacial score (nSPS) is 10.6. The molecule has 25 heavy (non-hydrogen) atoms. The molecule has 2 aromatic heterocycles. The summed E-state index contributed by atoms with van der Waals surface area (Å²) >= 11 is 1.52. The van der Waals surface area contributed by atoms with E-state index in [1.807, 2.05) is 17.5 Å². The largest absolute Gasteiger partial charge is 0.462 e. The Kier molecular flexibility index (Phi) is 5.04. The lowest BCUT2D eigenvalue weighted by Gasteiger charge is -1.99. The summed E-state index contributed by atoms with van der Waals surface area (Å²) in [7, 11) is 0. The van der Waals surface area contributed by atoms with E-state index in [-0.39, 0.29) is 11.8 Å². The van der Waals surface area contributed by atoms with Crippen LogP contribution in [0, 0.1) is 0 Å². The highest BCUT2D eigenvalue weighted by molar-refractivity contribution is 7.09. The number of Topliss-reactive ketones (excluding diaryl/α,β-unsaturated/α-hetero) is 1. The molecule has 0 aliphatic rings. The van der Waals surface area contributed by atoms with E-state index in [0.29, 0.717) is 24.3 Å². The topological polar surface area (TPSA) is 74.1 Å². The third-order valence-electron chi connectivity index (χ3n) is 3.58. The van der Waals surface area contributed by atoms with E-state index in [2.05, 4.69) is 10.1 Å². The molecule has 1 aromatic carbocycles. The van der Waals surface area contributed by atoms with Crippen LogP contribution in [0.5, 0.6) is 0 Å². The first kappa shape index (κ1) is 17.0. The average Bonchev–Trinajstić information content (AvgIpc) is 3.25. The van der Waals surface area contributed by atoms with Gasteiger partial charge in [-0.1, -0.05) is 24.3 Å². The zero-order valence-corrected chi connectivity index (χ0v) is 14.7. The van der Waals surface area contributed by atoms with Gasteiger partial charge in [-0.2, -0.15) is 5.10 Å². The summed E-state index contributed by atoms with van der Waals surface area (Å²) in [6, 6.07) is 7.39. The van der Waals surface area contributed by atoms with Gasteiger partial charge in [0, 0.05) is 22.7 Å². The van der Waals surface area contributed by atoms with E-state index in [1.165, 1.54) is 17.5 Å². The molecule has 0 N–H and O–H groups in total. The molecule has 0 saturated heterocycles. The smallest absolute Gasteiger partial charge is 0.341 e. The predicted octanol–water partition coefficient (Wildman–Crippen LogP) is 3.43. The zero-order valence-electron chi connectivity index (χ0n) is 13.9. The first-order valence-electron chi connectivity index (χ1n) is 7.82. The lowest BCUT2D eigenvalue weighted by Crippen LogP contribution is -2.04. The highest BCUT2D eigenvalue weighted by atomic mass is 32.1. The van der Waals surface area contributed by atoms with Crippen molar-refractivity contribution < 1.29 is 14.3 Å². The minimum absolute atomic E-state index is 0.0432. The van der Waals surface area contributed by atoms with Gasteiger partial charge in [0.2, 0.25) is 0 Å². The Labute approximate surface area is 149 Å². The molecule has 0 aliphatic carbocycles. The molecule has 0 bridgehead atoms. The first-order valence-corrected chi connectivity index (χ1v) is 8.70. The van der Waals surface area contributed by atoms with Gasteiger partial charge in [-0.15, -0.1) is 11.3 Å². The van der Waals surface area contributed by atoms with Gasteiger partial charge >= 0.3 is 5.97 Å². The quantitative estimate of drug-likeness (QED) is 0.500. The Morgan fingerprint density at radius 2 is 1.96 bits per heavy atom. The van der Waals surface area contributed by atoms with Crippen LogP contribution in [0.2, 0.25) is 0 Å². The molecule has 0 saturated carbocycles.